The van der Waals surface area contributed by atoms with E-state index in [1.807, 2.05) is 32.0 Å². The minimum atomic E-state index is -1.18. The van der Waals surface area contributed by atoms with E-state index in [1.54, 1.807) is 15.3 Å². The van der Waals surface area contributed by atoms with E-state index < -0.39 is 17.2 Å². The zero-order valence-electron chi connectivity index (χ0n) is 14.8. The predicted molar refractivity (Wildman–Crippen MR) is 106 cm³/mol. The highest BCUT2D eigenvalue weighted by Crippen LogP contribution is 2.30. The van der Waals surface area contributed by atoms with Crippen LogP contribution in [-0.4, -0.2) is 25.2 Å². The van der Waals surface area contributed by atoms with Crippen molar-refractivity contribution in [3.05, 3.63) is 61.1 Å². The Morgan fingerprint density at radius 1 is 1.22 bits per heavy atom. The molecule has 4 aromatic rings. The molecule has 0 aliphatic heterocycles. The van der Waals surface area contributed by atoms with Crippen molar-refractivity contribution in [2.24, 2.45) is 0 Å². The highest BCUT2D eigenvalue weighted by atomic mass is 32.1. The number of aromatic nitrogens is 3. The van der Waals surface area contributed by atoms with Gasteiger partial charge in [0, 0.05) is 22.7 Å². The van der Waals surface area contributed by atoms with Crippen LogP contribution in [0.15, 0.2) is 38.5 Å². The normalized spacial score (nSPS) is 11.5. The van der Waals surface area contributed by atoms with Crippen molar-refractivity contribution in [3.8, 4) is 5.69 Å². The molecule has 0 unspecified atom stereocenters. The Morgan fingerprint density at radius 3 is 2.70 bits per heavy atom. The number of aromatic amines is 1. The van der Waals surface area contributed by atoms with E-state index in [0.29, 0.717) is 34.8 Å². The van der Waals surface area contributed by atoms with Gasteiger partial charge in [0.25, 0.3) is 5.56 Å². The van der Waals surface area contributed by atoms with Crippen LogP contribution in [0.5, 0.6) is 0 Å². The van der Waals surface area contributed by atoms with Gasteiger partial charge in [-0.3, -0.25) is 4.79 Å². The summed E-state index contributed by atoms with van der Waals surface area (Å²) >= 11 is 1.30. The number of rotatable bonds is 4. The van der Waals surface area contributed by atoms with Crippen LogP contribution in [0.2, 0.25) is 0 Å². The van der Waals surface area contributed by atoms with Crippen LogP contribution in [-0.2, 0) is 6.54 Å². The molecule has 1 aromatic carbocycles. The second kappa shape index (κ2) is 6.24. The van der Waals surface area contributed by atoms with E-state index in [1.165, 1.54) is 11.3 Å². The number of hydrogen-bond acceptors (Lipinski definition) is 4. The fourth-order valence-corrected chi connectivity index (χ4v) is 4.25. The number of fused-ring (bicyclic) bond motifs is 2. The van der Waals surface area contributed by atoms with Gasteiger partial charge in [-0.25, -0.2) is 14.2 Å². The van der Waals surface area contributed by atoms with Gasteiger partial charge in [0.05, 0.1) is 22.1 Å². The number of nitrogens with zero attached hydrogens (tertiary/aromatic N) is 2. The molecule has 0 saturated carbocycles. The molecule has 27 heavy (non-hydrogen) atoms. The summed E-state index contributed by atoms with van der Waals surface area (Å²) in [4.78, 5) is 40.6. The number of aryl methyl sites for hydroxylation is 2. The number of carbonyl (C=O) groups is 1. The van der Waals surface area contributed by atoms with Crippen LogP contribution >= 0.6 is 11.3 Å². The minimum Gasteiger partial charge on any atom is -0.477 e. The molecule has 3 heterocycles. The quantitative estimate of drug-likeness (QED) is 0.566. The Balaban J connectivity index is 2.25. The Bertz CT molecular complexity index is 1320. The molecule has 0 aliphatic rings. The Kier molecular flexibility index (Phi) is 4.00. The SMILES string of the molecule is CCCn1c(C(=O)O)c(-n2c(=O)[nH]c3cscc3c2=O)c2cc(C)ccc21. The molecule has 0 amide bonds. The molecular formula is C19H17N3O4S. The van der Waals surface area contributed by atoms with Gasteiger partial charge in [-0.15, -0.1) is 11.3 Å². The zero-order valence-corrected chi connectivity index (χ0v) is 15.6. The van der Waals surface area contributed by atoms with Gasteiger partial charge in [-0.2, -0.15) is 0 Å². The van der Waals surface area contributed by atoms with Crippen molar-refractivity contribution in [1.29, 1.82) is 0 Å². The Labute approximate surface area is 157 Å². The summed E-state index contributed by atoms with van der Waals surface area (Å²) in [6, 6.07) is 5.53. The second-order valence-corrected chi connectivity index (χ2v) is 7.19. The smallest absolute Gasteiger partial charge is 0.354 e. The number of benzene rings is 1. The number of carboxylic acids is 1. The maximum Gasteiger partial charge on any atom is 0.354 e. The topological polar surface area (TPSA) is 97.1 Å². The molecule has 0 spiro atoms. The molecule has 0 saturated heterocycles. The summed E-state index contributed by atoms with van der Waals surface area (Å²) in [5, 5.41) is 14.2. The van der Waals surface area contributed by atoms with Gasteiger partial charge in [-0.05, 0) is 25.5 Å². The molecular weight excluding hydrogens is 366 g/mol. The number of thiophene rings is 1. The molecule has 8 heteroatoms. The average Bonchev–Trinajstić information content (AvgIpc) is 3.19. The van der Waals surface area contributed by atoms with Crippen molar-refractivity contribution in [3.63, 3.8) is 0 Å². The molecule has 3 aromatic heterocycles. The van der Waals surface area contributed by atoms with E-state index >= 15 is 0 Å². The molecule has 0 aliphatic carbocycles. The number of carboxylic acid groups (broad SMARTS) is 1. The maximum absolute atomic E-state index is 13.0. The lowest BCUT2D eigenvalue weighted by Crippen LogP contribution is -2.34. The van der Waals surface area contributed by atoms with Crippen LogP contribution in [0, 0.1) is 6.92 Å². The van der Waals surface area contributed by atoms with Gasteiger partial charge in [-0.1, -0.05) is 18.6 Å². The second-order valence-electron chi connectivity index (χ2n) is 6.44. The Hall–Kier alpha value is -3.13. The first-order chi connectivity index (χ1) is 12.9. The third-order valence-corrected chi connectivity index (χ3v) is 5.35. The highest BCUT2D eigenvalue weighted by molar-refractivity contribution is 7.09. The highest BCUT2D eigenvalue weighted by Gasteiger charge is 2.26. The van der Waals surface area contributed by atoms with Crippen molar-refractivity contribution in [2.75, 3.05) is 0 Å². The van der Waals surface area contributed by atoms with E-state index in [-0.39, 0.29) is 11.4 Å². The summed E-state index contributed by atoms with van der Waals surface area (Å²) in [6.45, 7) is 4.30. The number of aromatic carboxylic acids is 1. The first-order valence-electron chi connectivity index (χ1n) is 8.51. The summed E-state index contributed by atoms with van der Waals surface area (Å²) in [6.07, 6.45) is 0.714. The molecule has 7 nitrogen and oxygen atoms in total. The maximum atomic E-state index is 13.0. The van der Waals surface area contributed by atoms with Gasteiger partial charge < -0.3 is 14.7 Å². The molecule has 0 fully saturated rings. The third-order valence-electron chi connectivity index (χ3n) is 4.61. The monoisotopic (exact) mass is 383 g/mol. The van der Waals surface area contributed by atoms with Gasteiger partial charge >= 0.3 is 11.7 Å². The van der Waals surface area contributed by atoms with Crippen molar-refractivity contribution >= 4 is 39.1 Å². The van der Waals surface area contributed by atoms with Crippen LogP contribution in [0.1, 0.15) is 29.4 Å². The van der Waals surface area contributed by atoms with E-state index in [9.17, 15) is 19.5 Å². The Morgan fingerprint density at radius 2 is 2.00 bits per heavy atom. The predicted octanol–water partition coefficient (Wildman–Crippen LogP) is 3.11. The fraction of sp³-hybridized carbons (Fsp3) is 0.211. The standard InChI is InChI=1S/C19H17N3O4S/c1-3-6-21-14-5-4-10(2)7-11(14)15(16(21)18(24)25)22-17(23)12-8-27-9-13(12)20-19(22)26/h4-5,7-9H,3,6H2,1-2H3,(H,20,26)(H,24,25). The average molecular weight is 383 g/mol. The largest absolute Gasteiger partial charge is 0.477 e. The van der Waals surface area contributed by atoms with E-state index in [2.05, 4.69) is 4.98 Å². The number of hydrogen-bond donors (Lipinski definition) is 2. The van der Waals surface area contributed by atoms with E-state index in [4.69, 9.17) is 0 Å². The summed E-state index contributed by atoms with van der Waals surface area (Å²) in [7, 11) is 0. The first kappa shape index (κ1) is 17.3. The van der Waals surface area contributed by atoms with E-state index in [0.717, 1.165) is 10.1 Å². The van der Waals surface area contributed by atoms with Gasteiger partial charge in [0.15, 0.2) is 5.69 Å². The first-order valence-corrected chi connectivity index (χ1v) is 9.46. The molecule has 2 N–H and O–H groups in total. The fourth-order valence-electron chi connectivity index (χ4n) is 3.50. The van der Waals surface area contributed by atoms with Crippen molar-refractivity contribution in [2.45, 2.75) is 26.8 Å². The molecule has 4 rings (SSSR count). The number of nitrogens with one attached hydrogen (secondary N) is 1. The number of H-pyrrole nitrogens is 1. The lowest BCUT2D eigenvalue weighted by Gasteiger charge is -2.08. The molecule has 138 valence electrons. The minimum absolute atomic E-state index is 0.0559. The summed E-state index contributed by atoms with van der Waals surface area (Å²) in [5.41, 5.74) is 0.951. The zero-order chi connectivity index (χ0) is 19.3. The van der Waals surface area contributed by atoms with Gasteiger partial charge in [0.1, 0.15) is 0 Å². The third kappa shape index (κ3) is 2.52. The van der Waals surface area contributed by atoms with Crippen molar-refractivity contribution < 1.29 is 9.90 Å². The lowest BCUT2D eigenvalue weighted by atomic mass is 10.1. The van der Waals surface area contributed by atoms with Crippen LogP contribution in [0.4, 0.5) is 0 Å². The summed E-state index contributed by atoms with van der Waals surface area (Å²) < 4.78 is 2.61. The molecule has 0 bridgehead atoms. The molecule has 0 atom stereocenters. The van der Waals surface area contributed by atoms with Crippen LogP contribution < -0.4 is 11.2 Å². The lowest BCUT2D eigenvalue weighted by molar-refractivity contribution is 0.0685. The van der Waals surface area contributed by atoms with Crippen LogP contribution in [0.25, 0.3) is 27.5 Å². The molecule has 0 radical (unpaired) electrons. The van der Waals surface area contributed by atoms with Crippen molar-refractivity contribution in [1.82, 2.24) is 14.1 Å². The van der Waals surface area contributed by atoms with Crippen LogP contribution in [0.3, 0.4) is 0 Å². The summed E-state index contributed by atoms with van der Waals surface area (Å²) in [5.74, 6) is -1.18. The van der Waals surface area contributed by atoms with Gasteiger partial charge in [0.2, 0.25) is 0 Å².